The molecular weight excluding hydrogens is 166 g/mol. The lowest BCUT2D eigenvalue weighted by Crippen LogP contribution is -2.61. The zero-order chi connectivity index (χ0) is 9.30. The van der Waals surface area contributed by atoms with Crippen LogP contribution in [0.15, 0.2) is 0 Å². The molecule has 1 aliphatic rings. The lowest BCUT2D eigenvalue weighted by molar-refractivity contribution is -0.248. The quantitative estimate of drug-likeness (QED) is 0.288. The number of ether oxygens (including phenoxy) is 1. The maximum absolute atomic E-state index is 9.20. The average molecular weight is 179 g/mol. The van der Waals surface area contributed by atoms with E-state index in [4.69, 9.17) is 20.7 Å². The first-order valence-corrected chi connectivity index (χ1v) is 3.64. The fourth-order valence-corrected chi connectivity index (χ4v) is 1.12. The van der Waals surface area contributed by atoms with E-state index in [1.807, 2.05) is 0 Å². The van der Waals surface area contributed by atoms with Crippen LogP contribution in [0.4, 0.5) is 0 Å². The second-order valence-electron chi connectivity index (χ2n) is 2.81. The first kappa shape index (κ1) is 9.85. The first-order chi connectivity index (χ1) is 5.57. The Hall–Kier alpha value is -0.240. The highest BCUT2D eigenvalue weighted by Gasteiger charge is 2.41. The van der Waals surface area contributed by atoms with Crippen LogP contribution < -0.4 is 5.73 Å². The Morgan fingerprint density at radius 2 is 1.75 bits per heavy atom. The van der Waals surface area contributed by atoms with Gasteiger partial charge in [-0.3, -0.25) is 0 Å². The van der Waals surface area contributed by atoms with Crippen molar-refractivity contribution in [2.45, 2.75) is 30.6 Å². The molecule has 0 amide bonds. The second-order valence-corrected chi connectivity index (χ2v) is 2.81. The van der Waals surface area contributed by atoms with Crippen LogP contribution in [-0.2, 0) is 4.74 Å². The normalized spacial score (nSPS) is 49.2. The maximum Gasteiger partial charge on any atom is 0.173 e. The number of nitrogens with two attached hydrogens (primary N) is 1. The summed E-state index contributed by atoms with van der Waals surface area (Å²) in [5, 5.41) is 36.1. The van der Waals surface area contributed by atoms with E-state index in [1.165, 1.54) is 0 Å². The Labute approximate surface area is 69.2 Å². The van der Waals surface area contributed by atoms with Crippen LogP contribution >= 0.6 is 0 Å². The largest absolute Gasteiger partial charge is 0.394 e. The highest BCUT2D eigenvalue weighted by atomic mass is 16.6. The van der Waals surface area contributed by atoms with Crippen molar-refractivity contribution in [1.29, 1.82) is 0 Å². The molecule has 1 saturated heterocycles. The van der Waals surface area contributed by atoms with Crippen LogP contribution in [0.25, 0.3) is 0 Å². The van der Waals surface area contributed by atoms with Crippen molar-refractivity contribution >= 4 is 0 Å². The van der Waals surface area contributed by atoms with Crippen molar-refractivity contribution in [2.24, 2.45) is 5.73 Å². The Morgan fingerprint density at radius 3 is 2.25 bits per heavy atom. The van der Waals surface area contributed by atoms with E-state index in [9.17, 15) is 10.2 Å². The summed E-state index contributed by atoms with van der Waals surface area (Å²) in [7, 11) is 0. The first-order valence-electron chi connectivity index (χ1n) is 3.64. The van der Waals surface area contributed by atoms with Gasteiger partial charge in [0.05, 0.1) is 12.6 Å². The highest BCUT2D eigenvalue weighted by molar-refractivity contribution is 4.90. The fraction of sp³-hybridized carbons (Fsp3) is 1.00. The van der Waals surface area contributed by atoms with E-state index < -0.39 is 37.3 Å². The standard InChI is InChI=1S/C6H13NO5/c7-3-5(10)4(9)2(1-8)12-6(3)11/h2-6,8-11H,1,7H2/t2?,3?,4-,5-,6?/m0/s1. The summed E-state index contributed by atoms with van der Waals surface area (Å²) < 4.78 is 4.70. The summed E-state index contributed by atoms with van der Waals surface area (Å²) in [6, 6.07) is -1.04. The van der Waals surface area contributed by atoms with E-state index >= 15 is 0 Å². The molecule has 6 nitrogen and oxygen atoms in total. The summed E-state index contributed by atoms with van der Waals surface area (Å²) in [6.07, 6.45) is -4.85. The molecule has 0 aromatic heterocycles. The summed E-state index contributed by atoms with van der Waals surface area (Å²) in [6.45, 7) is -0.470. The van der Waals surface area contributed by atoms with Crippen LogP contribution in [0.3, 0.4) is 0 Å². The molecule has 0 spiro atoms. The number of hydrogen-bond donors (Lipinski definition) is 5. The van der Waals surface area contributed by atoms with E-state index in [0.29, 0.717) is 0 Å². The molecule has 5 atom stereocenters. The predicted octanol–water partition coefficient (Wildman–Crippen LogP) is -3.25. The van der Waals surface area contributed by atoms with Crippen LogP contribution in [0.2, 0.25) is 0 Å². The molecule has 72 valence electrons. The van der Waals surface area contributed by atoms with Gasteiger partial charge >= 0.3 is 0 Å². The van der Waals surface area contributed by atoms with Crippen LogP contribution in [0, 0.1) is 0 Å². The summed E-state index contributed by atoms with van der Waals surface area (Å²) in [5.74, 6) is 0. The molecule has 1 aliphatic heterocycles. The Balaban J connectivity index is 2.63. The van der Waals surface area contributed by atoms with Crippen LogP contribution in [-0.4, -0.2) is 57.7 Å². The van der Waals surface area contributed by atoms with Crippen molar-refractivity contribution in [3.63, 3.8) is 0 Å². The zero-order valence-corrected chi connectivity index (χ0v) is 6.37. The minimum Gasteiger partial charge on any atom is -0.394 e. The Bertz CT molecular complexity index is 150. The van der Waals surface area contributed by atoms with Crippen molar-refractivity contribution in [1.82, 2.24) is 0 Å². The van der Waals surface area contributed by atoms with Gasteiger partial charge in [-0.25, -0.2) is 0 Å². The van der Waals surface area contributed by atoms with Gasteiger partial charge in [0.1, 0.15) is 18.3 Å². The minimum atomic E-state index is -1.35. The lowest BCUT2D eigenvalue weighted by Gasteiger charge is -2.38. The number of rotatable bonds is 1. The molecule has 0 aliphatic carbocycles. The third-order valence-electron chi connectivity index (χ3n) is 1.95. The van der Waals surface area contributed by atoms with Gasteiger partial charge in [0, 0.05) is 0 Å². The Kier molecular flexibility index (Phi) is 2.99. The van der Waals surface area contributed by atoms with Gasteiger partial charge in [-0.2, -0.15) is 0 Å². The molecule has 0 aromatic rings. The van der Waals surface area contributed by atoms with Gasteiger partial charge in [0.15, 0.2) is 6.29 Å². The molecule has 1 rings (SSSR count). The lowest BCUT2D eigenvalue weighted by atomic mass is 9.98. The van der Waals surface area contributed by atoms with Gasteiger partial charge in [-0.15, -0.1) is 0 Å². The van der Waals surface area contributed by atoms with E-state index in [1.54, 1.807) is 0 Å². The van der Waals surface area contributed by atoms with E-state index in [2.05, 4.69) is 0 Å². The molecule has 0 saturated carbocycles. The van der Waals surface area contributed by atoms with Gasteiger partial charge in [0.25, 0.3) is 0 Å². The predicted molar refractivity (Wildman–Crippen MR) is 38.0 cm³/mol. The van der Waals surface area contributed by atoms with Crippen molar-refractivity contribution in [3.05, 3.63) is 0 Å². The second kappa shape index (κ2) is 3.65. The zero-order valence-electron chi connectivity index (χ0n) is 6.37. The molecule has 0 aromatic carbocycles. The summed E-state index contributed by atoms with van der Waals surface area (Å²) in [5.41, 5.74) is 5.26. The molecule has 1 heterocycles. The third kappa shape index (κ3) is 1.58. The molecule has 12 heavy (non-hydrogen) atoms. The minimum absolute atomic E-state index is 0.470. The average Bonchev–Trinajstić information content (AvgIpc) is 2.08. The molecule has 6 heteroatoms. The highest BCUT2D eigenvalue weighted by Crippen LogP contribution is 2.17. The molecule has 1 fully saturated rings. The molecule has 0 radical (unpaired) electrons. The molecule has 6 N–H and O–H groups in total. The van der Waals surface area contributed by atoms with Gasteiger partial charge in [0.2, 0.25) is 0 Å². The van der Waals surface area contributed by atoms with E-state index in [-0.39, 0.29) is 0 Å². The summed E-state index contributed by atoms with van der Waals surface area (Å²) in [4.78, 5) is 0. The third-order valence-corrected chi connectivity index (χ3v) is 1.95. The van der Waals surface area contributed by atoms with Crippen molar-refractivity contribution in [2.75, 3.05) is 6.61 Å². The molecular formula is C6H13NO5. The maximum atomic E-state index is 9.20. The molecule has 0 bridgehead atoms. The SMILES string of the molecule is NC1C(O)OC(CO)[C@H](O)[C@H]1O. The topological polar surface area (TPSA) is 116 Å². The van der Waals surface area contributed by atoms with Crippen molar-refractivity contribution in [3.8, 4) is 0 Å². The molecule has 3 unspecified atom stereocenters. The van der Waals surface area contributed by atoms with Gasteiger partial charge < -0.3 is 30.9 Å². The van der Waals surface area contributed by atoms with Gasteiger partial charge in [-0.05, 0) is 0 Å². The fourth-order valence-electron chi connectivity index (χ4n) is 1.12. The van der Waals surface area contributed by atoms with Crippen LogP contribution in [0.1, 0.15) is 0 Å². The Morgan fingerprint density at radius 1 is 1.17 bits per heavy atom. The van der Waals surface area contributed by atoms with E-state index in [0.717, 1.165) is 0 Å². The smallest absolute Gasteiger partial charge is 0.173 e. The van der Waals surface area contributed by atoms with Gasteiger partial charge in [-0.1, -0.05) is 0 Å². The summed E-state index contributed by atoms with van der Waals surface area (Å²) >= 11 is 0. The van der Waals surface area contributed by atoms with Crippen molar-refractivity contribution < 1.29 is 25.2 Å². The number of hydrogen-bond acceptors (Lipinski definition) is 6. The van der Waals surface area contributed by atoms with Crippen LogP contribution in [0.5, 0.6) is 0 Å². The monoisotopic (exact) mass is 179 g/mol. The number of aliphatic hydroxyl groups excluding tert-OH is 4. The number of aliphatic hydroxyl groups is 4.